The molecule has 104 valence electrons. The molecule has 0 unspecified atom stereocenters. The van der Waals surface area contributed by atoms with Crippen molar-refractivity contribution < 1.29 is 9.53 Å². The largest absolute Gasteiger partial charge is 0.481 e. The van der Waals surface area contributed by atoms with Gasteiger partial charge in [0.1, 0.15) is 0 Å². The average molecular weight is 291 g/mol. The van der Waals surface area contributed by atoms with Gasteiger partial charge in [0.15, 0.2) is 0 Å². The number of hydrogen-bond donors (Lipinski definition) is 1. The highest BCUT2D eigenvalue weighted by atomic mass is 35.5. The van der Waals surface area contributed by atoms with E-state index in [1.165, 1.54) is 13.3 Å². The molecule has 1 aromatic heterocycles. The van der Waals surface area contributed by atoms with Crippen molar-refractivity contribution in [1.82, 2.24) is 4.98 Å². The Hall–Kier alpha value is -2.07. The van der Waals surface area contributed by atoms with Gasteiger partial charge in [0, 0.05) is 12.3 Å². The molecule has 0 saturated carbocycles. The Kier molecular flexibility index (Phi) is 4.25. The third-order valence-corrected chi connectivity index (χ3v) is 3.18. The topological polar surface area (TPSA) is 51.2 Å². The Bertz CT molecular complexity index is 616. The van der Waals surface area contributed by atoms with Gasteiger partial charge < -0.3 is 10.1 Å². The number of halogens is 1. The second kappa shape index (κ2) is 5.92. The van der Waals surface area contributed by atoms with Gasteiger partial charge in [-0.3, -0.25) is 4.79 Å². The molecule has 0 aliphatic rings. The molecule has 0 atom stereocenters. The maximum atomic E-state index is 12.2. The zero-order chi connectivity index (χ0) is 14.7. The van der Waals surface area contributed by atoms with Crippen LogP contribution in [0.1, 0.15) is 21.5 Å². The van der Waals surface area contributed by atoms with E-state index < -0.39 is 0 Å². The highest BCUT2D eigenvalue weighted by molar-refractivity contribution is 6.34. The van der Waals surface area contributed by atoms with Crippen LogP contribution in [0.4, 0.5) is 5.69 Å². The standard InChI is InChI=1S/C15H15ClN2O2/c1-9-6-10(2)14(12(16)7-9)18-15(19)11-4-5-13(20-3)17-8-11/h4-8H,1-3H3,(H,18,19). The van der Waals surface area contributed by atoms with Crippen LogP contribution in [-0.4, -0.2) is 18.0 Å². The van der Waals surface area contributed by atoms with Crippen molar-refractivity contribution in [3.05, 3.63) is 52.2 Å². The van der Waals surface area contributed by atoms with Gasteiger partial charge in [-0.05, 0) is 37.1 Å². The number of nitrogens with one attached hydrogen (secondary N) is 1. The second-order valence-electron chi connectivity index (χ2n) is 4.48. The van der Waals surface area contributed by atoms with Crippen molar-refractivity contribution in [3.8, 4) is 5.88 Å². The molecule has 0 aliphatic heterocycles. The van der Waals surface area contributed by atoms with Crippen LogP contribution >= 0.6 is 11.6 Å². The van der Waals surface area contributed by atoms with Crippen molar-refractivity contribution >= 4 is 23.2 Å². The molecule has 0 saturated heterocycles. The molecule has 1 aromatic carbocycles. The van der Waals surface area contributed by atoms with Gasteiger partial charge in [-0.25, -0.2) is 4.98 Å². The van der Waals surface area contributed by atoms with Gasteiger partial charge in [-0.1, -0.05) is 17.7 Å². The molecule has 5 heteroatoms. The summed E-state index contributed by atoms with van der Waals surface area (Å²) in [5, 5.41) is 3.33. The first-order valence-corrected chi connectivity index (χ1v) is 6.47. The molecule has 4 nitrogen and oxygen atoms in total. The van der Waals surface area contributed by atoms with E-state index in [1.54, 1.807) is 12.1 Å². The van der Waals surface area contributed by atoms with E-state index >= 15 is 0 Å². The lowest BCUT2D eigenvalue weighted by Crippen LogP contribution is -2.13. The van der Waals surface area contributed by atoms with E-state index in [1.807, 2.05) is 26.0 Å². The molecule has 0 radical (unpaired) electrons. The molecule has 0 fully saturated rings. The molecular weight excluding hydrogens is 276 g/mol. The quantitative estimate of drug-likeness (QED) is 0.939. The molecule has 1 N–H and O–H groups in total. The summed E-state index contributed by atoms with van der Waals surface area (Å²) in [6.45, 7) is 3.86. The number of methoxy groups -OCH3 is 1. The highest BCUT2D eigenvalue weighted by Gasteiger charge is 2.11. The zero-order valence-electron chi connectivity index (χ0n) is 11.5. The van der Waals surface area contributed by atoms with Gasteiger partial charge in [0.05, 0.1) is 23.4 Å². The molecule has 1 heterocycles. The minimum absolute atomic E-state index is 0.256. The Balaban J connectivity index is 2.23. The fourth-order valence-corrected chi connectivity index (χ4v) is 2.26. The fraction of sp³-hybridized carbons (Fsp3) is 0.200. The van der Waals surface area contributed by atoms with E-state index in [-0.39, 0.29) is 5.91 Å². The molecule has 0 aliphatic carbocycles. The zero-order valence-corrected chi connectivity index (χ0v) is 12.3. The monoisotopic (exact) mass is 290 g/mol. The fourth-order valence-electron chi connectivity index (χ4n) is 1.90. The summed E-state index contributed by atoms with van der Waals surface area (Å²) in [6, 6.07) is 7.07. The normalized spacial score (nSPS) is 10.2. The Morgan fingerprint density at radius 2 is 2.05 bits per heavy atom. The number of rotatable bonds is 3. The van der Waals surface area contributed by atoms with Crippen LogP contribution in [0.3, 0.4) is 0 Å². The first-order chi connectivity index (χ1) is 9.51. The van der Waals surface area contributed by atoms with Crippen LogP contribution in [0.15, 0.2) is 30.5 Å². The molecule has 2 rings (SSSR count). The number of pyridine rings is 1. The summed E-state index contributed by atoms with van der Waals surface area (Å²) >= 11 is 6.16. The minimum atomic E-state index is -0.256. The number of carbonyl (C=O) groups excluding carboxylic acids is 1. The van der Waals surface area contributed by atoms with Gasteiger partial charge >= 0.3 is 0 Å². The summed E-state index contributed by atoms with van der Waals surface area (Å²) < 4.78 is 4.95. The Labute approximate surface area is 122 Å². The maximum absolute atomic E-state index is 12.2. The van der Waals surface area contributed by atoms with Crippen LogP contribution in [0.5, 0.6) is 5.88 Å². The van der Waals surface area contributed by atoms with Gasteiger partial charge in [0.2, 0.25) is 5.88 Å². The van der Waals surface area contributed by atoms with E-state index in [4.69, 9.17) is 16.3 Å². The number of amides is 1. The van der Waals surface area contributed by atoms with Crippen molar-refractivity contribution in [2.75, 3.05) is 12.4 Å². The summed E-state index contributed by atoms with van der Waals surface area (Å²) in [6.07, 6.45) is 1.46. The van der Waals surface area contributed by atoms with Gasteiger partial charge in [-0.2, -0.15) is 0 Å². The number of hydrogen-bond acceptors (Lipinski definition) is 3. The van der Waals surface area contributed by atoms with E-state index in [9.17, 15) is 4.79 Å². The lowest BCUT2D eigenvalue weighted by atomic mass is 10.1. The predicted molar refractivity (Wildman–Crippen MR) is 79.7 cm³/mol. The smallest absolute Gasteiger partial charge is 0.257 e. The number of aromatic nitrogens is 1. The third kappa shape index (κ3) is 3.08. The van der Waals surface area contributed by atoms with Crippen LogP contribution in [0.2, 0.25) is 5.02 Å². The Morgan fingerprint density at radius 3 is 2.60 bits per heavy atom. The summed E-state index contributed by atoms with van der Waals surface area (Å²) in [5.74, 6) is 0.208. The van der Waals surface area contributed by atoms with Gasteiger partial charge in [0.25, 0.3) is 5.91 Å². The van der Waals surface area contributed by atoms with Crippen molar-refractivity contribution in [1.29, 1.82) is 0 Å². The van der Waals surface area contributed by atoms with Crippen molar-refractivity contribution in [3.63, 3.8) is 0 Å². The number of nitrogens with zero attached hydrogens (tertiary/aromatic N) is 1. The third-order valence-electron chi connectivity index (χ3n) is 2.88. The second-order valence-corrected chi connectivity index (χ2v) is 4.89. The molecule has 0 bridgehead atoms. The number of benzene rings is 1. The molecular formula is C15H15ClN2O2. The van der Waals surface area contributed by atoms with Crippen LogP contribution in [-0.2, 0) is 0 Å². The average Bonchev–Trinajstić information content (AvgIpc) is 2.42. The minimum Gasteiger partial charge on any atom is -0.481 e. The first-order valence-electron chi connectivity index (χ1n) is 6.09. The maximum Gasteiger partial charge on any atom is 0.257 e. The molecule has 2 aromatic rings. The van der Waals surface area contributed by atoms with Crippen molar-refractivity contribution in [2.45, 2.75) is 13.8 Å². The number of carbonyl (C=O) groups is 1. The van der Waals surface area contributed by atoms with Crippen LogP contribution < -0.4 is 10.1 Å². The summed E-state index contributed by atoms with van der Waals surface area (Å²) in [5.41, 5.74) is 3.04. The van der Waals surface area contributed by atoms with Crippen LogP contribution in [0.25, 0.3) is 0 Å². The van der Waals surface area contributed by atoms with E-state index in [0.717, 1.165) is 11.1 Å². The highest BCUT2D eigenvalue weighted by Crippen LogP contribution is 2.27. The predicted octanol–water partition coefficient (Wildman–Crippen LogP) is 3.61. The lowest BCUT2D eigenvalue weighted by molar-refractivity contribution is 0.102. The SMILES string of the molecule is COc1ccc(C(=O)Nc2c(C)cc(C)cc2Cl)cn1. The van der Waals surface area contributed by atoms with Crippen LogP contribution in [0, 0.1) is 13.8 Å². The lowest BCUT2D eigenvalue weighted by Gasteiger charge is -2.11. The number of anilines is 1. The summed E-state index contributed by atoms with van der Waals surface area (Å²) in [4.78, 5) is 16.2. The molecule has 0 spiro atoms. The number of aryl methyl sites for hydroxylation is 2. The number of ether oxygens (including phenoxy) is 1. The van der Waals surface area contributed by atoms with Gasteiger partial charge in [-0.15, -0.1) is 0 Å². The van der Waals surface area contributed by atoms with E-state index in [2.05, 4.69) is 10.3 Å². The Morgan fingerprint density at radius 1 is 1.30 bits per heavy atom. The van der Waals surface area contributed by atoms with Crippen molar-refractivity contribution in [2.24, 2.45) is 0 Å². The molecule has 20 heavy (non-hydrogen) atoms. The molecule has 1 amide bonds. The summed E-state index contributed by atoms with van der Waals surface area (Å²) in [7, 11) is 1.53. The van der Waals surface area contributed by atoms with E-state index in [0.29, 0.717) is 22.2 Å². The first kappa shape index (κ1) is 14.3.